The van der Waals surface area contributed by atoms with E-state index in [1.165, 1.54) is 6.42 Å². The van der Waals surface area contributed by atoms with Crippen LogP contribution in [0.3, 0.4) is 0 Å². The number of hydrogen-bond acceptors (Lipinski definition) is 5. The number of hydrogen-bond donors (Lipinski definition) is 3. The maximum absolute atomic E-state index is 12.6. The van der Waals surface area contributed by atoms with E-state index < -0.39 is 11.9 Å². The summed E-state index contributed by atoms with van der Waals surface area (Å²) in [6.07, 6.45) is -1.11. The summed E-state index contributed by atoms with van der Waals surface area (Å²) in [5.41, 5.74) is 4.84. The van der Waals surface area contributed by atoms with Crippen LogP contribution in [0.1, 0.15) is 25.5 Å². The van der Waals surface area contributed by atoms with Gasteiger partial charge in [-0.2, -0.15) is 13.2 Å². The number of aliphatic imine (C=N–C) groups is 1. The summed E-state index contributed by atoms with van der Waals surface area (Å²) in [5, 5.41) is 5.65. The lowest BCUT2D eigenvalue weighted by Gasteiger charge is -2.20. The summed E-state index contributed by atoms with van der Waals surface area (Å²) in [7, 11) is 0. The van der Waals surface area contributed by atoms with Crippen LogP contribution in [0.15, 0.2) is 17.3 Å². The van der Waals surface area contributed by atoms with Crippen LogP contribution in [0.4, 0.5) is 19.1 Å². The monoisotopic (exact) mass is 359 g/mol. The van der Waals surface area contributed by atoms with Gasteiger partial charge >= 0.3 is 6.18 Å². The SMILES string of the molecule is CCN1CCCC1CN=C(N)NCCNc1nccc(C(F)(F)F)n1. The molecule has 0 radical (unpaired) electrons. The molecular formula is C15H24F3N7. The number of nitrogens with two attached hydrogens (primary N) is 1. The van der Waals surface area contributed by atoms with Gasteiger partial charge in [-0.1, -0.05) is 6.92 Å². The Kier molecular flexibility index (Phi) is 6.80. The van der Waals surface area contributed by atoms with Gasteiger partial charge in [-0.05, 0) is 32.0 Å². The highest BCUT2D eigenvalue weighted by Gasteiger charge is 2.32. The number of likely N-dealkylation sites (tertiary alicyclic amines) is 1. The first-order valence-corrected chi connectivity index (χ1v) is 8.32. The molecule has 7 nitrogen and oxygen atoms in total. The predicted octanol–water partition coefficient (Wildman–Crippen LogP) is 1.30. The fourth-order valence-electron chi connectivity index (χ4n) is 2.74. The average molecular weight is 359 g/mol. The molecule has 1 aromatic heterocycles. The lowest BCUT2D eigenvalue weighted by molar-refractivity contribution is -0.141. The minimum Gasteiger partial charge on any atom is -0.370 e. The zero-order chi connectivity index (χ0) is 18.3. The molecule has 0 saturated carbocycles. The van der Waals surface area contributed by atoms with Gasteiger partial charge in [0.25, 0.3) is 0 Å². The molecule has 1 aromatic rings. The lowest BCUT2D eigenvalue weighted by Crippen LogP contribution is -2.37. The summed E-state index contributed by atoms with van der Waals surface area (Å²) >= 11 is 0. The normalized spacial score (nSPS) is 19.2. The van der Waals surface area contributed by atoms with Gasteiger partial charge in [0.2, 0.25) is 5.95 Å². The van der Waals surface area contributed by atoms with Gasteiger partial charge in [-0.15, -0.1) is 0 Å². The third-order valence-corrected chi connectivity index (χ3v) is 4.04. The highest BCUT2D eigenvalue weighted by atomic mass is 19.4. The number of halogens is 3. The Bertz CT molecular complexity index is 576. The average Bonchev–Trinajstić information content (AvgIpc) is 3.04. The first-order chi connectivity index (χ1) is 11.9. The number of nitrogens with zero attached hydrogens (tertiary/aromatic N) is 4. The van der Waals surface area contributed by atoms with Crippen LogP contribution in [0.2, 0.25) is 0 Å². The van der Waals surface area contributed by atoms with Gasteiger partial charge in [-0.25, -0.2) is 9.97 Å². The summed E-state index contributed by atoms with van der Waals surface area (Å²) in [5.74, 6) is 0.256. The largest absolute Gasteiger partial charge is 0.433 e. The molecule has 4 N–H and O–H groups in total. The molecule has 10 heteroatoms. The molecule has 0 aromatic carbocycles. The smallest absolute Gasteiger partial charge is 0.370 e. The van der Waals surface area contributed by atoms with Crippen molar-refractivity contribution in [3.63, 3.8) is 0 Å². The lowest BCUT2D eigenvalue weighted by atomic mass is 10.2. The number of rotatable bonds is 7. The molecule has 1 aliphatic heterocycles. The molecule has 2 rings (SSSR count). The predicted molar refractivity (Wildman–Crippen MR) is 90.3 cm³/mol. The van der Waals surface area contributed by atoms with E-state index in [1.807, 2.05) is 0 Å². The molecule has 0 amide bonds. The first-order valence-electron chi connectivity index (χ1n) is 8.32. The van der Waals surface area contributed by atoms with Gasteiger partial charge in [0.15, 0.2) is 5.96 Å². The van der Waals surface area contributed by atoms with Gasteiger partial charge in [0.05, 0.1) is 6.54 Å². The van der Waals surface area contributed by atoms with Crippen LogP contribution in [0.25, 0.3) is 0 Å². The Morgan fingerprint density at radius 3 is 2.96 bits per heavy atom. The van der Waals surface area contributed by atoms with E-state index in [2.05, 4.69) is 37.4 Å². The van der Waals surface area contributed by atoms with E-state index in [0.29, 0.717) is 31.6 Å². The Balaban J connectivity index is 1.71. The van der Waals surface area contributed by atoms with Crippen LogP contribution in [-0.2, 0) is 6.18 Å². The molecule has 25 heavy (non-hydrogen) atoms. The molecule has 1 unspecified atom stereocenters. The quantitative estimate of drug-likeness (QED) is 0.386. The third kappa shape index (κ3) is 6.04. The molecule has 1 atom stereocenters. The molecule has 1 aliphatic rings. The zero-order valence-electron chi connectivity index (χ0n) is 14.2. The first kappa shape index (κ1) is 19.2. The van der Waals surface area contributed by atoms with Gasteiger partial charge in [0, 0.05) is 25.3 Å². The van der Waals surface area contributed by atoms with E-state index in [0.717, 1.165) is 31.8 Å². The number of anilines is 1. The molecular weight excluding hydrogens is 335 g/mol. The maximum Gasteiger partial charge on any atom is 0.433 e. The Hall–Kier alpha value is -2.10. The van der Waals surface area contributed by atoms with E-state index in [-0.39, 0.29) is 5.95 Å². The highest BCUT2D eigenvalue weighted by molar-refractivity contribution is 5.77. The molecule has 1 fully saturated rings. The van der Waals surface area contributed by atoms with E-state index in [9.17, 15) is 13.2 Å². The summed E-state index contributed by atoms with van der Waals surface area (Å²) < 4.78 is 37.7. The van der Waals surface area contributed by atoms with Crippen LogP contribution in [0.5, 0.6) is 0 Å². The van der Waals surface area contributed by atoms with Crippen molar-refractivity contribution < 1.29 is 13.2 Å². The Morgan fingerprint density at radius 2 is 2.24 bits per heavy atom. The van der Waals surface area contributed by atoms with Crippen molar-refractivity contribution in [2.75, 3.05) is 38.0 Å². The Labute approximate surface area is 144 Å². The fraction of sp³-hybridized carbons (Fsp3) is 0.667. The molecule has 0 aliphatic carbocycles. The third-order valence-electron chi connectivity index (χ3n) is 4.04. The van der Waals surface area contributed by atoms with Crippen LogP contribution >= 0.6 is 0 Å². The van der Waals surface area contributed by atoms with E-state index >= 15 is 0 Å². The molecule has 140 valence electrons. The standard InChI is InChI=1S/C15H24F3N7/c1-2-25-9-3-4-11(25)10-23-13(19)20-7-8-22-14-21-6-5-12(24-14)15(16,17)18/h5-6,11H,2-4,7-10H2,1H3,(H3,19,20,23)(H,21,22,24). The second-order valence-electron chi connectivity index (χ2n) is 5.77. The van der Waals surface area contributed by atoms with Crippen molar-refractivity contribution in [2.45, 2.75) is 32.0 Å². The number of alkyl halides is 3. The minimum absolute atomic E-state index is 0.0725. The summed E-state index contributed by atoms with van der Waals surface area (Å²) in [4.78, 5) is 13.9. The highest BCUT2D eigenvalue weighted by Crippen LogP contribution is 2.27. The van der Waals surface area contributed by atoms with Crippen LogP contribution in [-0.4, -0.2) is 59.6 Å². The van der Waals surface area contributed by atoms with Gasteiger partial charge in [-0.3, -0.25) is 9.89 Å². The van der Waals surface area contributed by atoms with Gasteiger partial charge in [0.1, 0.15) is 5.69 Å². The molecule has 2 heterocycles. The number of aromatic nitrogens is 2. The van der Waals surface area contributed by atoms with Crippen LogP contribution in [0, 0.1) is 0 Å². The zero-order valence-corrected chi connectivity index (χ0v) is 14.2. The second-order valence-corrected chi connectivity index (χ2v) is 5.77. The number of guanidine groups is 1. The Morgan fingerprint density at radius 1 is 1.44 bits per heavy atom. The van der Waals surface area contributed by atoms with Crippen molar-refractivity contribution in [2.24, 2.45) is 10.7 Å². The number of likely N-dealkylation sites (N-methyl/N-ethyl adjacent to an activating group) is 1. The summed E-state index contributed by atoms with van der Waals surface area (Å²) in [6.45, 7) is 5.61. The van der Waals surface area contributed by atoms with E-state index in [4.69, 9.17) is 5.73 Å². The molecule has 0 bridgehead atoms. The number of nitrogens with one attached hydrogen (secondary N) is 2. The second kappa shape index (κ2) is 8.84. The molecule has 0 spiro atoms. The van der Waals surface area contributed by atoms with Crippen LogP contribution < -0.4 is 16.4 Å². The van der Waals surface area contributed by atoms with Crippen molar-refractivity contribution >= 4 is 11.9 Å². The minimum atomic E-state index is -4.48. The van der Waals surface area contributed by atoms with Crippen molar-refractivity contribution in [1.82, 2.24) is 20.2 Å². The van der Waals surface area contributed by atoms with Crippen molar-refractivity contribution in [1.29, 1.82) is 0 Å². The molecule has 1 saturated heterocycles. The van der Waals surface area contributed by atoms with Gasteiger partial charge < -0.3 is 16.4 Å². The van der Waals surface area contributed by atoms with Crippen molar-refractivity contribution in [3.8, 4) is 0 Å². The van der Waals surface area contributed by atoms with E-state index in [1.54, 1.807) is 0 Å². The summed E-state index contributed by atoms with van der Waals surface area (Å²) in [6, 6.07) is 1.26. The fourth-order valence-corrected chi connectivity index (χ4v) is 2.74. The maximum atomic E-state index is 12.6. The van der Waals surface area contributed by atoms with Crippen molar-refractivity contribution in [3.05, 3.63) is 18.0 Å². The topological polar surface area (TPSA) is 91.5 Å².